The van der Waals surface area contributed by atoms with Crippen LogP contribution in [0.1, 0.15) is 47.9 Å². The molecule has 5 rings (SSSR count). The summed E-state index contributed by atoms with van der Waals surface area (Å²) in [7, 11) is 1.68. The molecule has 0 bridgehead atoms. The smallest absolute Gasteiger partial charge is 0.213 e. The third-order valence-electron chi connectivity index (χ3n) is 5.15. The zero-order chi connectivity index (χ0) is 19.4. The molecule has 1 aromatic heterocycles. The summed E-state index contributed by atoms with van der Waals surface area (Å²) in [6.45, 7) is 0. The molecular weight excluding hydrogens is 352 g/mol. The van der Waals surface area contributed by atoms with E-state index in [1.165, 1.54) is 4.68 Å². The Morgan fingerprint density at radius 3 is 2.14 bits per heavy atom. The minimum atomic E-state index is -0.225. The van der Waals surface area contributed by atoms with Gasteiger partial charge in [-0.3, -0.25) is 19.1 Å². The summed E-state index contributed by atoms with van der Waals surface area (Å²) < 4.78 is 1.52. The van der Waals surface area contributed by atoms with Crippen molar-refractivity contribution in [3.63, 3.8) is 0 Å². The summed E-state index contributed by atoms with van der Waals surface area (Å²) in [5.41, 5.74) is 2.73. The predicted octanol–water partition coefficient (Wildman–Crippen LogP) is 3.58. The highest BCUT2D eigenvalue weighted by molar-refractivity contribution is 6.32. The molecule has 4 aromatic rings. The van der Waals surface area contributed by atoms with Gasteiger partial charge in [-0.05, 0) is 12.1 Å². The standard InChI is InChI=1S/C23H14N2O3/c1-25-20-17(19(24-25)21(26)13-7-3-2-4-8-13)12-11-16-18(20)23(28)15-10-6-5-9-14(15)22(16)27/h2-12H,1H3. The third-order valence-corrected chi connectivity index (χ3v) is 5.15. The molecule has 3 aromatic carbocycles. The van der Waals surface area contributed by atoms with Gasteiger partial charge in [0, 0.05) is 34.7 Å². The van der Waals surface area contributed by atoms with Crippen LogP contribution < -0.4 is 0 Å². The van der Waals surface area contributed by atoms with Crippen molar-refractivity contribution in [3.8, 4) is 0 Å². The van der Waals surface area contributed by atoms with Crippen LogP contribution in [0.5, 0.6) is 0 Å². The van der Waals surface area contributed by atoms with Gasteiger partial charge in [0.25, 0.3) is 0 Å². The van der Waals surface area contributed by atoms with E-state index in [9.17, 15) is 14.4 Å². The number of aromatic nitrogens is 2. The number of fused-ring (bicyclic) bond motifs is 4. The van der Waals surface area contributed by atoms with Crippen LogP contribution in [0.2, 0.25) is 0 Å². The number of hydrogen-bond donors (Lipinski definition) is 0. The fourth-order valence-electron chi connectivity index (χ4n) is 3.84. The molecule has 0 amide bonds. The molecule has 0 N–H and O–H groups in total. The largest absolute Gasteiger partial charge is 0.289 e. The summed E-state index contributed by atoms with van der Waals surface area (Å²) in [5, 5.41) is 4.96. The Hall–Kier alpha value is -3.86. The van der Waals surface area contributed by atoms with Crippen molar-refractivity contribution in [2.75, 3.05) is 0 Å². The van der Waals surface area contributed by atoms with Crippen molar-refractivity contribution >= 4 is 28.3 Å². The topological polar surface area (TPSA) is 69.0 Å². The number of carbonyl (C=O) groups is 3. The summed E-state index contributed by atoms with van der Waals surface area (Å²) in [4.78, 5) is 39.1. The van der Waals surface area contributed by atoms with Gasteiger partial charge in [-0.1, -0.05) is 54.6 Å². The minimum Gasteiger partial charge on any atom is -0.289 e. The van der Waals surface area contributed by atoms with E-state index in [-0.39, 0.29) is 23.0 Å². The molecular formula is C23H14N2O3. The summed E-state index contributed by atoms with van der Waals surface area (Å²) in [6.07, 6.45) is 0. The lowest BCUT2D eigenvalue weighted by atomic mass is 9.83. The number of aryl methyl sites for hydroxylation is 1. The number of carbonyl (C=O) groups excluding carboxylic acids is 3. The van der Waals surface area contributed by atoms with Crippen molar-refractivity contribution in [1.82, 2.24) is 9.78 Å². The van der Waals surface area contributed by atoms with Crippen molar-refractivity contribution in [1.29, 1.82) is 0 Å². The average Bonchev–Trinajstić information content (AvgIpc) is 3.08. The van der Waals surface area contributed by atoms with Crippen LogP contribution in [-0.2, 0) is 7.05 Å². The zero-order valence-corrected chi connectivity index (χ0v) is 15.0. The third kappa shape index (κ3) is 2.13. The first-order chi connectivity index (χ1) is 13.6. The van der Waals surface area contributed by atoms with E-state index in [2.05, 4.69) is 5.10 Å². The van der Waals surface area contributed by atoms with Crippen LogP contribution in [0.15, 0.2) is 66.7 Å². The Bertz CT molecular complexity index is 1320. The van der Waals surface area contributed by atoms with E-state index in [0.29, 0.717) is 38.7 Å². The lowest BCUT2D eigenvalue weighted by Gasteiger charge is -2.18. The molecule has 1 aliphatic carbocycles. The molecule has 0 atom stereocenters. The number of rotatable bonds is 2. The van der Waals surface area contributed by atoms with Crippen LogP contribution in [0, 0.1) is 0 Å². The first kappa shape index (κ1) is 16.3. The molecule has 0 radical (unpaired) electrons. The predicted molar refractivity (Wildman–Crippen MR) is 104 cm³/mol. The molecule has 0 saturated carbocycles. The lowest BCUT2D eigenvalue weighted by Crippen LogP contribution is -2.21. The minimum absolute atomic E-state index is 0.191. The Balaban J connectivity index is 1.78. The molecule has 0 aliphatic heterocycles. The fraction of sp³-hybridized carbons (Fsp3) is 0.0435. The van der Waals surface area contributed by atoms with Crippen LogP contribution in [-0.4, -0.2) is 27.1 Å². The van der Waals surface area contributed by atoms with Gasteiger partial charge in [-0.15, -0.1) is 0 Å². The second kappa shape index (κ2) is 5.82. The van der Waals surface area contributed by atoms with Gasteiger partial charge >= 0.3 is 0 Å². The molecule has 5 nitrogen and oxygen atoms in total. The van der Waals surface area contributed by atoms with Gasteiger partial charge in [0.05, 0.1) is 11.1 Å². The zero-order valence-electron chi connectivity index (χ0n) is 15.0. The molecule has 28 heavy (non-hydrogen) atoms. The molecule has 0 saturated heterocycles. The number of benzene rings is 3. The normalized spacial score (nSPS) is 12.8. The van der Waals surface area contributed by atoms with Crippen LogP contribution in [0.4, 0.5) is 0 Å². The van der Waals surface area contributed by atoms with E-state index < -0.39 is 0 Å². The van der Waals surface area contributed by atoms with Crippen LogP contribution in [0.25, 0.3) is 10.9 Å². The Labute approximate surface area is 160 Å². The SMILES string of the molecule is Cn1nc(C(=O)c2ccccc2)c2ccc3c(c21)C(=O)c1ccccc1C3=O. The van der Waals surface area contributed by atoms with E-state index in [0.717, 1.165) is 0 Å². The first-order valence-corrected chi connectivity index (χ1v) is 8.86. The van der Waals surface area contributed by atoms with Gasteiger partial charge in [-0.2, -0.15) is 5.10 Å². The van der Waals surface area contributed by atoms with Crippen molar-refractivity contribution in [3.05, 3.63) is 100 Å². The molecule has 0 spiro atoms. The van der Waals surface area contributed by atoms with Crippen molar-refractivity contribution < 1.29 is 14.4 Å². The lowest BCUT2D eigenvalue weighted by molar-refractivity contribution is 0.0980. The van der Waals surface area contributed by atoms with Crippen molar-refractivity contribution in [2.45, 2.75) is 0 Å². The second-order valence-electron chi connectivity index (χ2n) is 6.76. The van der Waals surface area contributed by atoms with E-state index in [1.54, 1.807) is 67.7 Å². The molecule has 0 fully saturated rings. The summed E-state index contributed by atoms with van der Waals surface area (Å²) >= 11 is 0. The molecule has 5 heteroatoms. The van der Waals surface area contributed by atoms with Gasteiger partial charge in [-0.25, -0.2) is 0 Å². The number of ketones is 3. The highest BCUT2D eigenvalue weighted by atomic mass is 16.1. The van der Waals surface area contributed by atoms with Gasteiger partial charge in [0.2, 0.25) is 5.78 Å². The van der Waals surface area contributed by atoms with E-state index in [1.807, 2.05) is 6.07 Å². The monoisotopic (exact) mass is 366 g/mol. The van der Waals surface area contributed by atoms with Gasteiger partial charge < -0.3 is 0 Å². The van der Waals surface area contributed by atoms with Crippen LogP contribution in [0.3, 0.4) is 0 Å². The van der Waals surface area contributed by atoms with E-state index in [4.69, 9.17) is 0 Å². The maximum Gasteiger partial charge on any atom is 0.213 e. The Kier molecular flexibility index (Phi) is 3.39. The maximum atomic E-state index is 13.2. The Morgan fingerprint density at radius 2 is 1.43 bits per heavy atom. The quantitative estimate of drug-likeness (QED) is 0.448. The van der Waals surface area contributed by atoms with Gasteiger partial charge in [0.15, 0.2) is 11.6 Å². The molecule has 134 valence electrons. The van der Waals surface area contributed by atoms with Gasteiger partial charge in [0.1, 0.15) is 5.69 Å². The first-order valence-electron chi connectivity index (χ1n) is 8.86. The van der Waals surface area contributed by atoms with E-state index >= 15 is 0 Å². The molecule has 0 unspecified atom stereocenters. The van der Waals surface area contributed by atoms with Crippen molar-refractivity contribution in [2.24, 2.45) is 7.05 Å². The summed E-state index contributed by atoms with van der Waals surface area (Å²) in [6, 6.07) is 19.0. The Morgan fingerprint density at radius 1 is 0.786 bits per heavy atom. The summed E-state index contributed by atoms with van der Waals surface area (Å²) in [5.74, 6) is -0.636. The molecule has 1 heterocycles. The number of hydrogen-bond acceptors (Lipinski definition) is 4. The van der Waals surface area contributed by atoms with Crippen LogP contribution >= 0.6 is 0 Å². The average molecular weight is 366 g/mol. The highest BCUT2D eigenvalue weighted by Gasteiger charge is 2.33. The second-order valence-corrected chi connectivity index (χ2v) is 6.76. The fourth-order valence-corrected chi connectivity index (χ4v) is 3.84. The molecule has 1 aliphatic rings. The maximum absolute atomic E-state index is 13.2. The highest BCUT2D eigenvalue weighted by Crippen LogP contribution is 2.34. The number of nitrogens with zero attached hydrogens (tertiary/aromatic N) is 2.